The van der Waals surface area contributed by atoms with Gasteiger partial charge in [-0.2, -0.15) is 0 Å². The van der Waals surface area contributed by atoms with Crippen molar-refractivity contribution in [2.24, 2.45) is 0 Å². The zero-order chi connectivity index (χ0) is 10.8. The molecule has 0 aromatic carbocycles. The minimum atomic E-state index is -0.0622. The summed E-state index contributed by atoms with van der Waals surface area (Å²) in [6, 6.07) is 0. The third-order valence-electron chi connectivity index (χ3n) is 2.01. The molecular formula is C11H21BrO2. The molecule has 0 heterocycles. The van der Waals surface area contributed by atoms with Crippen LogP contribution in [0.15, 0.2) is 0 Å². The summed E-state index contributed by atoms with van der Waals surface area (Å²) in [6.07, 6.45) is 6.00. The lowest BCUT2D eigenvalue weighted by Gasteiger charge is -2.05. The zero-order valence-electron chi connectivity index (χ0n) is 9.22. The molecule has 0 radical (unpaired) electrons. The van der Waals surface area contributed by atoms with Crippen molar-refractivity contribution in [3.8, 4) is 0 Å². The Bertz CT molecular complexity index is 146. The Morgan fingerprint density at radius 1 is 1.36 bits per heavy atom. The molecule has 0 N–H and O–H groups in total. The van der Waals surface area contributed by atoms with Crippen LogP contribution >= 0.6 is 15.9 Å². The van der Waals surface area contributed by atoms with E-state index in [4.69, 9.17) is 4.74 Å². The average Bonchev–Trinajstić information content (AvgIpc) is 2.14. The topological polar surface area (TPSA) is 26.3 Å². The fraction of sp³-hybridized carbons (Fsp3) is 0.909. The van der Waals surface area contributed by atoms with Crippen molar-refractivity contribution in [2.75, 3.05) is 6.61 Å². The lowest BCUT2D eigenvalue weighted by atomic mass is 10.2. The van der Waals surface area contributed by atoms with E-state index in [2.05, 4.69) is 22.9 Å². The molecule has 1 atom stereocenters. The second-order valence-electron chi connectivity index (χ2n) is 3.60. The van der Waals surface area contributed by atoms with Crippen LogP contribution in [0.5, 0.6) is 0 Å². The van der Waals surface area contributed by atoms with Crippen LogP contribution in [0, 0.1) is 0 Å². The smallest absolute Gasteiger partial charge is 0.305 e. The molecule has 0 saturated carbocycles. The highest BCUT2D eigenvalue weighted by molar-refractivity contribution is 9.09. The Morgan fingerprint density at radius 2 is 2.07 bits per heavy atom. The monoisotopic (exact) mass is 264 g/mol. The van der Waals surface area contributed by atoms with Gasteiger partial charge < -0.3 is 4.74 Å². The van der Waals surface area contributed by atoms with Crippen molar-refractivity contribution >= 4 is 21.9 Å². The quantitative estimate of drug-likeness (QED) is 0.380. The van der Waals surface area contributed by atoms with Crippen LogP contribution in [0.2, 0.25) is 0 Å². The number of halogens is 1. The summed E-state index contributed by atoms with van der Waals surface area (Å²) in [4.78, 5) is 11.5. The van der Waals surface area contributed by atoms with Gasteiger partial charge in [0.05, 0.1) is 6.61 Å². The van der Waals surface area contributed by atoms with Gasteiger partial charge in [0.2, 0.25) is 0 Å². The number of alkyl halides is 1. The molecule has 0 aliphatic heterocycles. The van der Waals surface area contributed by atoms with Gasteiger partial charge in [0, 0.05) is 11.2 Å². The minimum absolute atomic E-state index is 0.0622. The van der Waals surface area contributed by atoms with E-state index in [1.165, 1.54) is 19.3 Å². The van der Waals surface area contributed by atoms with Crippen LogP contribution in [0.4, 0.5) is 0 Å². The molecule has 0 aliphatic rings. The van der Waals surface area contributed by atoms with E-state index in [0.29, 0.717) is 17.9 Å². The summed E-state index contributed by atoms with van der Waals surface area (Å²) in [5.74, 6) is -0.0622. The molecule has 0 aromatic heterocycles. The van der Waals surface area contributed by atoms with Crippen LogP contribution in [0.25, 0.3) is 0 Å². The molecule has 84 valence electrons. The minimum Gasteiger partial charge on any atom is -0.466 e. The second kappa shape index (κ2) is 9.50. The molecule has 0 aromatic rings. The normalized spacial score (nSPS) is 12.5. The molecule has 0 saturated heterocycles. The van der Waals surface area contributed by atoms with Gasteiger partial charge >= 0.3 is 5.97 Å². The number of esters is 1. The summed E-state index contributed by atoms with van der Waals surface area (Å²) in [5.41, 5.74) is 0. The van der Waals surface area contributed by atoms with Crippen LogP contribution in [0.1, 0.15) is 52.4 Å². The average molecular weight is 265 g/mol. The Kier molecular flexibility index (Phi) is 9.47. The van der Waals surface area contributed by atoms with Crippen LogP contribution < -0.4 is 0 Å². The number of carbonyl (C=O) groups excluding carboxylic acids is 1. The number of hydrogen-bond acceptors (Lipinski definition) is 2. The van der Waals surface area contributed by atoms with Gasteiger partial charge in [-0.05, 0) is 12.8 Å². The van der Waals surface area contributed by atoms with E-state index in [1.807, 2.05) is 6.92 Å². The van der Waals surface area contributed by atoms with Gasteiger partial charge in [-0.15, -0.1) is 0 Å². The van der Waals surface area contributed by atoms with E-state index in [0.717, 1.165) is 12.8 Å². The van der Waals surface area contributed by atoms with E-state index in [9.17, 15) is 4.79 Å². The molecule has 0 amide bonds. The summed E-state index contributed by atoms with van der Waals surface area (Å²) >= 11 is 3.40. The van der Waals surface area contributed by atoms with Gasteiger partial charge in [-0.3, -0.25) is 4.79 Å². The van der Waals surface area contributed by atoms with Crippen LogP contribution in [-0.2, 0) is 9.53 Å². The predicted molar refractivity (Wildman–Crippen MR) is 62.7 cm³/mol. The van der Waals surface area contributed by atoms with Crippen molar-refractivity contribution in [1.29, 1.82) is 0 Å². The first-order chi connectivity index (χ1) is 6.66. The maximum Gasteiger partial charge on any atom is 0.305 e. The first-order valence-electron chi connectivity index (χ1n) is 5.46. The van der Waals surface area contributed by atoms with Crippen molar-refractivity contribution in [3.05, 3.63) is 0 Å². The van der Waals surface area contributed by atoms with Crippen molar-refractivity contribution in [2.45, 2.75) is 57.2 Å². The first kappa shape index (κ1) is 13.9. The molecular weight excluding hydrogens is 244 g/mol. The molecule has 2 nitrogen and oxygen atoms in total. The predicted octanol–water partition coefficient (Wildman–Crippen LogP) is 3.67. The molecule has 0 bridgehead atoms. The Labute approximate surface area is 95.5 Å². The van der Waals surface area contributed by atoms with Gasteiger partial charge in [-0.1, -0.05) is 49.0 Å². The van der Waals surface area contributed by atoms with E-state index >= 15 is 0 Å². The van der Waals surface area contributed by atoms with Crippen molar-refractivity contribution in [1.82, 2.24) is 0 Å². The fourth-order valence-corrected chi connectivity index (χ4v) is 1.33. The molecule has 14 heavy (non-hydrogen) atoms. The highest BCUT2D eigenvalue weighted by atomic mass is 79.9. The molecule has 0 spiro atoms. The van der Waals surface area contributed by atoms with Gasteiger partial charge in [-0.25, -0.2) is 0 Å². The van der Waals surface area contributed by atoms with Gasteiger partial charge in [0.25, 0.3) is 0 Å². The lowest BCUT2D eigenvalue weighted by molar-refractivity contribution is -0.143. The van der Waals surface area contributed by atoms with Crippen molar-refractivity contribution < 1.29 is 9.53 Å². The van der Waals surface area contributed by atoms with E-state index < -0.39 is 0 Å². The highest BCUT2D eigenvalue weighted by Gasteiger charge is 2.04. The number of unbranched alkanes of at least 4 members (excludes halogenated alkanes) is 3. The largest absolute Gasteiger partial charge is 0.466 e. The number of hydrogen-bond donors (Lipinski definition) is 0. The molecule has 1 unspecified atom stereocenters. The van der Waals surface area contributed by atoms with Crippen LogP contribution in [-0.4, -0.2) is 17.4 Å². The first-order valence-corrected chi connectivity index (χ1v) is 6.38. The highest BCUT2D eigenvalue weighted by Crippen LogP contribution is 2.07. The number of ether oxygens (including phenoxy) is 1. The standard InChI is InChI=1S/C11H21BrO2/c1-3-4-5-6-9-14-11(13)8-7-10(2)12/h10H,3-9H2,1-2H3. The summed E-state index contributed by atoms with van der Waals surface area (Å²) in [5, 5.41) is 0. The maximum absolute atomic E-state index is 11.1. The van der Waals surface area contributed by atoms with E-state index in [-0.39, 0.29) is 5.97 Å². The summed E-state index contributed by atoms with van der Waals surface area (Å²) in [6.45, 7) is 4.80. The number of carbonyl (C=O) groups is 1. The molecule has 0 rings (SSSR count). The third-order valence-corrected chi connectivity index (χ3v) is 2.47. The van der Waals surface area contributed by atoms with Crippen molar-refractivity contribution in [3.63, 3.8) is 0 Å². The molecule has 0 fully saturated rings. The molecule has 3 heteroatoms. The Morgan fingerprint density at radius 3 is 2.64 bits per heavy atom. The van der Waals surface area contributed by atoms with Gasteiger partial charge in [0.15, 0.2) is 0 Å². The Hall–Kier alpha value is -0.0500. The number of rotatable bonds is 8. The third kappa shape index (κ3) is 10.0. The second-order valence-corrected chi connectivity index (χ2v) is 5.16. The maximum atomic E-state index is 11.1. The van der Waals surface area contributed by atoms with E-state index in [1.54, 1.807) is 0 Å². The fourth-order valence-electron chi connectivity index (χ4n) is 1.10. The lowest BCUT2D eigenvalue weighted by Crippen LogP contribution is -2.07. The summed E-state index contributed by atoms with van der Waals surface area (Å²) < 4.78 is 5.08. The van der Waals surface area contributed by atoms with Crippen LogP contribution in [0.3, 0.4) is 0 Å². The van der Waals surface area contributed by atoms with Gasteiger partial charge in [0.1, 0.15) is 0 Å². The molecule has 0 aliphatic carbocycles. The zero-order valence-corrected chi connectivity index (χ0v) is 10.8. The summed E-state index contributed by atoms with van der Waals surface area (Å²) in [7, 11) is 0. The SMILES string of the molecule is CCCCCCOC(=O)CCC(C)Br. The Balaban J connectivity index is 3.18.